The number of anilines is 1. The Hall–Kier alpha value is -2.90. The van der Waals surface area contributed by atoms with Crippen LogP contribution in [0.25, 0.3) is 5.82 Å². The summed E-state index contributed by atoms with van der Waals surface area (Å²) < 4.78 is 1.59. The molecule has 8 heteroatoms. The van der Waals surface area contributed by atoms with Gasteiger partial charge in [0.05, 0.1) is 11.6 Å². The lowest BCUT2D eigenvalue weighted by Gasteiger charge is -2.34. The zero-order valence-electron chi connectivity index (χ0n) is 15.1. The van der Waals surface area contributed by atoms with Gasteiger partial charge in [-0.15, -0.1) is 0 Å². The van der Waals surface area contributed by atoms with Crippen molar-refractivity contribution in [1.82, 2.24) is 19.7 Å². The maximum Gasteiger partial charge on any atom is 0.323 e. The number of carboxylic acid groups (broad SMARTS) is 1. The average molecular weight is 357 g/mol. The number of aliphatic carboxylic acids is 1. The lowest BCUT2D eigenvalue weighted by molar-refractivity contribution is -0.143. The minimum Gasteiger partial charge on any atom is -0.481 e. The second-order valence-corrected chi connectivity index (χ2v) is 6.99. The summed E-state index contributed by atoms with van der Waals surface area (Å²) in [4.78, 5) is 29.9. The molecule has 2 atom stereocenters. The maximum absolute atomic E-state index is 12.7. The van der Waals surface area contributed by atoms with Crippen molar-refractivity contribution in [3.63, 3.8) is 0 Å². The molecule has 2 amide bonds. The van der Waals surface area contributed by atoms with Crippen molar-refractivity contribution in [3.8, 4) is 5.82 Å². The zero-order chi connectivity index (χ0) is 18.8. The van der Waals surface area contributed by atoms with Crippen molar-refractivity contribution in [2.24, 2.45) is 11.8 Å². The molecule has 3 rings (SSSR count). The number of urea groups is 1. The summed E-state index contributed by atoms with van der Waals surface area (Å²) >= 11 is 0. The van der Waals surface area contributed by atoms with E-state index in [-0.39, 0.29) is 18.5 Å². The normalized spacial score (nSPS) is 20.0. The van der Waals surface area contributed by atoms with Crippen LogP contribution in [-0.2, 0) is 4.79 Å². The van der Waals surface area contributed by atoms with Crippen LogP contribution < -0.4 is 5.32 Å². The number of pyridine rings is 1. The number of carbonyl (C=O) groups is 2. The Labute approximate surface area is 151 Å². The first-order valence-electron chi connectivity index (χ1n) is 8.62. The summed E-state index contributed by atoms with van der Waals surface area (Å²) in [6, 6.07) is 5.21. The van der Waals surface area contributed by atoms with E-state index in [9.17, 15) is 14.7 Å². The number of rotatable bonds is 3. The van der Waals surface area contributed by atoms with Gasteiger partial charge in [-0.05, 0) is 43.9 Å². The molecule has 0 aliphatic carbocycles. The van der Waals surface area contributed by atoms with Crippen molar-refractivity contribution in [3.05, 3.63) is 35.7 Å². The van der Waals surface area contributed by atoms with E-state index in [1.165, 1.54) is 0 Å². The van der Waals surface area contributed by atoms with Crippen LogP contribution in [0.15, 0.2) is 24.4 Å². The van der Waals surface area contributed by atoms with Gasteiger partial charge < -0.3 is 10.0 Å². The first-order chi connectivity index (χ1) is 12.3. The standard InChI is InChI=1S/C18H23N5O3/c1-11-4-5-19-15(7-11)23-16(8-13(3)21-23)20-18(26)22-9-12(2)6-14(10-22)17(24)25/h4-5,7-8,12,14H,6,9-10H2,1-3H3,(H,20,26)(H,24,25). The number of nitrogens with one attached hydrogen (secondary N) is 1. The van der Waals surface area contributed by atoms with Crippen LogP contribution in [0.4, 0.5) is 10.6 Å². The third-order valence-electron chi connectivity index (χ3n) is 4.48. The lowest BCUT2D eigenvalue weighted by atomic mass is 9.91. The fourth-order valence-corrected chi connectivity index (χ4v) is 3.28. The van der Waals surface area contributed by atoms with Gasteiger partial charge in [0.25, 0.3) is 0 Å². The second-order valence-electron chi connectivity index (χ2n) is 6.99. The Kier molecular flexibility index (Phi) is 4.92. The van der Waals surface area contributed by atoms with Crippen LogP contribution in [0.5, 0.6) is 0 Å². The van der Waals surface area contributed by atoms with E-state index in [0.29, 0.717) is 24.6 Å². The van der Waals surface area contributed by atoms with Crippen LogP contribution in [-0.4, -0.2) is 49.9 Å². The monoisotopic (exact) mass is 357 g/mol. The molecule has 0 aromatic carbocycles. The van der Waals surface area contributed by atoms with E-state index in [1.807, 2.05) is 32.9 Å². The van der Waals surface area contributed by atoms with Crippen molar-refractivity contribution in [1.29, 1.82) is 0 Å². The molecule has 0 radical (unpaired) electrons. The van der Waals surface area contributed by atoms with Gasteiger partial charge in [0, 0.05) is 25.4 Å². The largest absolute Gasteiger partial charge is 0.481 e. The Balaban J connectivity index is 1.81. The second kappa shape index (κ2) is 7.15. The van der Waals surface area contributed by atoms with E-state index in [4.69, 9.17) is 0 Å². The Bertz CT molecular complexity index is 832. The Morgan fingerprint density at radius 3 is 2.73 bits per heavy atom. The van der Waals surface area contributed by atoms with Gasteiger partial charge in [-0.25, -0.2) is 9.78 Å². The minimum atomic E-state index is -0.862. The van der Waals surface area contributed by atoms with Crippen molar-refractivity contribution < 1.29 is 14.7 Å². The average Bonchev–Trinajstić information content (AvgIpc) is 2.94. The fraction of sp³-hybridized carbons (Fsp3) is 0.444. The molecule has 2 unspecified atom stereocenters. The molecule has 138 valence electrons. The number of piperidine rings is 1. The quantitative estimate of drug-likeness (QED) is 0.879. The number of hydrogen-bond acceptors (Lipinski definition) is 4. The molecule has 1 aliphatic heterocycles. The zero-order valence-corrected chi connectivity index (χ0v) is 15.1. The molecule has 0 spiro atoms. The Morgan fingerprint density at radius 1 is 1.27 bits per heavy atom. The Morgan fingerprint density at radius 2 is 2.04 bits per heavy atom. The van der Waals surface area contributed by atoms with E-state index < -0.39 is 11.9 Å². The summed E-state index contributed by atoms with van der Waals surface area (Å²) in [5, 5.41) is 16.5. The van der Waals surface area contributed by atoms with Gasteiger partial charge in [-0.1, -0.05) is 6.92 Å². The molecule has 2 aromatic heterocycles. The predicted octanol–water partition coefficient (Wildman–Crippen LogP) is 2.46. The number of aromatic nitrogens is 3. The third-order valence-corrected chi connectivity index (χ3v) is 4.48. The first kappa shape index (κ1) is 17.9. The number of carbonyl (C=O) groups excluding carboxylic acids is 1. The van der Waals surface area contributed by atoms with Gasteiger partial charge in [0.15, 0.2) is 5.82 Å². The molecule has 26 heavy (non-hydrogen) atoms. The van der Waals surface area contributed by atoms with Gasteiger partial charge in [0.1, 0.15) is 5.82 Å². The summed E-state index contributed by atoms with van der Waals surface area (Å²) in [5.74, 6) is -0.131. The fourth-order valence-electron chi connectivity index (χ4n) is 3.28. The van der Waals surface area contributed by atoms with E-state index in [1.54, 1.807) is 21.8 Å². The number of carboxylic acids is 1. The first-order valence-corrected chi connectivity index (χ1v) is 8.62. The van der Waals surface area contributed by atoms with Gasteiger partial charge >= 0.3 is 12.0 Å². The van der Waals surface area contributed by atoms with Crippen LogP contribution in [0.1, 0.15) is 24.6 Å². The lowest BCUT2D eigenvalue weighted by Crippen LogP contribution is -2.47. The number of nitrogens with zero attached hydrogens (tertiary/aromatic N) is 4. The number of hydrogen-bond donors (Lipinski definition) is 2. The SMILES string of the molecule is Cc1ccnc(-n2nc(C)cc2NC(=O)N2CC(C)CC(C(=O)O)C2)c1. The molecular weight excluding hydrogens is 334 g/mol. The van der Waals surface area contributed by atoms with Gasteiger partial charge in [-0.3, -0.25) is 10.1 Å². The van der Waals surface area contributed by atoms with E-state index >= 15 is 0 Å². The highest BCUT2D eigenvalue weighted by Crippen LogP contribution is 2.23. The molecule has 1 saturated heterocycles. The summed E-state index contributed by atoms with van der Waals surface area (Å²) in [6.45, 7) is 6.50. The van der Waals surface area contributed by atoms with Crippen LogP contribution in [0.2, 0.25) is 0 Å². The van der Waals surface area contributed by atoms with Crippen molar-refractivity contribution >= 4 is 17.8 Å². The van der Waals surface area contributed by atoms with Gasteiger partial charge in [0.2, 0.25) is 0 Å². The molecule has 3 heterocycles. The topological polar surface area (TPSA) is 100 Å². The minimum absolute atomic E-state index is 0.140. The van der Waals surface area contributed by atoms with Crippen LogP contribution in [0, 0.1) is 25.7 Å². The number of aryl methyl sites for hydroxylation is 2. The molecular formula is C18H23N5O3. The van der Waals surface area contributed by atoms with E-state index in [0.717, 1.165) is 11.3 Å². The molecule has 1 fully saturated rings. The van der Waals surface area contributed by atoms with Crippen LogP contribution >= 0.6 is 0 Å². The smallest absolute Gasteiger partial charge is 0.323 e. The van der Waals surface area contributed by atoms with Crippen molar-refractivity contribution in [2.75, 3.05) is 18.4 Å². The number of amides is 2. The molecule has 0 bridgehead atoms. The highest BCUT2D eigenvalue weighted by atomic mass is 16.4. The molecule has 2 N–H and O–H groups in total. The van der Waals surface area contributed by atoms with Crippen molar-refractivity contribution in [2.45, 2.75) is 27.2 Å². The summed E-state index contributed by atoms with van der Waals surface area (Å²) in [6.07, 6.45) is 2.28. The molecule has 0 saturated carbocycles. The molecule has 8 nitrogen and oxygen atoms in total. The van der Waals surface area contributed by atoms with Gasteiger partial charge in [-0.2, -0.15) is 9.78 Å². The van der Waals surface area contributed by atoms with E-state index in [2.05, 4.69) is 15.4 Å². The molecule has 2 aromatic rings. The number of likely N-dealkylation sites (tertiary alicyclic amines) is 1. The highest BCUT2D eigenvalue weighted by Gasteiger charge is 2.32. The summed E-state index contributed by atoms with van der Waals surface area (Å²) in [7, 11) is 0. The predicted molar refractivity (Wildman–Crippen MR) is 96.3 cm³/mol. The summed E-state index contributed by atoms with van der Waals surface area (Å²) in [5.41, 5.74) is 1.79. The highest BCUT2D eigenvalue weighted by molar-refractivity contribution is 5.89. The third kappa shape index (κ3) is 3.84. The van der Waals surface area contributed by atoms with Crippen LogP contribution in [0.3, 0.4) is 0 Å². The maximum atomic E-state index is 12.7. The molecule has 1 aliphatic rings.